The topological polar surface area (TPSA) is 119 Å². The number of benzene rings is 7. The summed E-state index contributed by atoms with van der Waals surface area (Å²) in [6.45, 7) is -15.7. The molecule has 0 aromatic heterocycles. The molecule has 0 saturated heterocycles. The van der Waals surface area contributed by atoms with E-state index in [1.807, 2.05) is 41.5 Å². The summed E-state index contributed by atoms with van der Waals surface area (Å²) in [4.78, 5) is 88.4. The van der Waals surface area contributed by atoms with Crippen molar-refractivity contribution in [1.82, 2.24) is 0 Å². The molecule has 3 unspecified atom stereocenters. The van der Waals surface area contributed by atoms with Gasteiger partial charge in [0.2, 0.25) is 0 Å². The largest absolute Gasteiger partial charge is 0.294 e. The van der Waals surface area contributed by atoms with Crippen LogP contribution in [0.25, 0.3) is 0 Å². The van der Waals surface area contributed by atoms with Crippen LogP contribution in [0.1, 0.15) is 386 Å². The van der Waals surface area contributed by atoms with Gasteiger partial charge < -0.3 is 0 Å². The molecule has 112 heavy (non-hydrogen) atoms. The first-order chi connectivity index (χ1) is 73.3. The van der Waals surface area contributed by atoms with Crippen molar-refractivity contribution in [2.75, 3.05) is 0 Å². The molecule has 0 amide bonds. The van der Waals surface area contributed by atoms with Crippen LogP contribution in [0.3, 0.4) is 0 Å². The molecule has 7 atom stereocenters. The summed E-state index contributed by atoms with van der Waals surface area (Å²) < 4.78 is 424. The zero-order valence-corrected chi connectivity index (χ0v) is 70.5. The lowest BCUT2D eigenvalue weighted by Crippen LogP contribution is -2.18. The maximum atomic E-state index is 13.0. The molecule has 14 heteroatoms. The predicted octanol–water partition coefficient (Wildman–Crippen LogP) is 32.2. The van der Waals surface area contributed by atoms with Gasteiger partial charge in [0.1, 0.15) is 0 Å². The molecular weight excluding hydrogens is 1540 g/mol. The van der Waals surface area contributed by atoms with Gasteiger partial charge in [-0.15, -0.1) is 0 Å². The number of hydrogen-bond acceptors (Lipinski definition) is 7. The SMILES string of the molecule is [2H]C(C)(CC(C([2H])([2H])[2H])(C([2H])([2H])[2H])C([2H])([2H])[2H])C(=O)c1cccc(Cl)c1.[2H]C([2H])([2H])C(C)(C)C[C@@]([2H])(C)C(=O)c1cccc(Cl)c1.[2H]C([2H])([2H])C(C)(C[C@@]([2H])(C)C(=O)c1cccc(Cl)c1)C([2H])([2H])[2H].[2H]C([2H])([2H])C(C[C@@]([2H])(C)C(=O)c1cccc(Cl)c1)(C([2H])([2H])[2H])C([2H])([2H])[2H].[2H]c1c([2H])c(Cl)c([2H])c(C(=O)C([2H])(C)CC(C([2H])([2H])[2H])(C([2H])([2H])[2H])C([2H])([2H])[2H])c1[2H].[2H]c1c([2H])c(Cl)c([2H])c(C(=O)C([2H])(C)CC(C)(C)C)c1[2H].[2H]c1c([2H])c(Cl)c([2H])c(C(=O)[C@]([2H])(C)CC(C)(C)C)c1[2H]. The highest BCUT2D eigenvalue weighted by molar-refractivity contribution is 6.33. The van der Waals surface area contributed by atoms with Gasteiger partial charge in [0, 0.05) is 174 Å². The van der Waals surface area contributed by atoms with E-state index in [1.54, 1.807) is 44.2 Å². The Balaban J connectivity index is 0.000000978. The molecule has 0 aliphatic carbocycles. The molecule has 0 fully saturated rings. The molecule has 7 aromatic carbocycles. The van der Waals surface area contributed by atoms with Gasteiger partial charge in [0.05, 0.1) is 16.4 Å². The van der Waals surface area contributed by atoms with Crippen molar-refractivity contribution < 1.29 is 109 Å². The van der Waals surface area contributed by atoms with E-state index < -0.39 is 300 Å². The van der Waals surface area contributed by atoms with Crippen molar-refractivity contribution in [3.05, 3.63) is 244 Å². The van der Waals surface area contributed by atoms with Gasteiger partial charge in [-0.3, -0.25) is 33.6 Å². The summed E-state index contributed by atoms with van der Waals surface area (Å²) in [6.07, 6.45) is -4.07. The Bertz CT molecular complexity index is 6240. The Morgan fingerprint density at radius 1 is 0.268 bits per heavy atom. The fourth-order valence-electron chi connectivity index (χ4n) is 9.99. The number of carbonyl (C=O) groups is 7. The lowest BCUT2D eigenvalue weighted by atomic mass is 9.82. The van der Waals surface area contributed by atoms with Crippen LogP contribution in [0, 0.1) is 79.2 Å². The number of ketones is 7. The fraction of sp³-hybridized carbons (Fsp3) is 0.500. The number of halogens is 7. The van der Waals surface area contributed by atoms with Crippen molar-refractivity contribution in [1.29, 1.82) is 0 Å². The molecular formula is C98H133Cl7O7. The molecule has 0 radical (unpaired) electrons. The van der Waals surface area contributed by atoms with E-state index in [0.717, 1.165) is 27.7 Å². The maximum absolute atomic E-state index is 13.0. The number of rotatable bonds is 21. The molecule has 7 nitrogen and oxygen atoms in total. The normalized spacial score (nSPS) is 24.0. The first-order valence-electron chi connectivity index (χ1n) is 61.5. The molecule has 0 aliphatic heterocycles. The molecule has 7 aromatic rings. The summed E-state index contributed by atoms with van der Waals surface area (Å²) in [5, 5.41) is -0.204. The summed E-state index contributed by atoms with van der Waals surface area (Å²) in [5.74, 6) is -19.6. The summed E-state index contributed by atoms with van der Waals surface area (Å²) in [5.41, 5.74) is -15.0. The van der Waals surface area contributed by atoms with E-state index in [0.29, 0.717) is 15.6 Å². The number of Topliss-reactive ketones (excluding diaryl/α,β-unsaturated/α-hetero) is 7. The van der Waals surface area contributed by atoms with E-state index in [9.17, 15) is 33.6 Å². The van der Waals surface area contributed by atoms with Crippen LogP contribution in [0.5, 0.6) is 0 Å². The van der Waals surface area contributed by atoms with Crippen LogP contribution in [-0.2, 0) is 0 Å². The standard InChI is InChI=1S/7C14H19ClO/c7*1-10(9-14(2,3)4)13(16)11-6-5-7-12(15)8-11/h7*5-8,10H,9H2,1-4H3/t4*10-;;;/m1111.../s1/i5D,6D,7D,8D,10D;2D3,3D3,4D3,10D;2D3,3D3,10D;2D3,10D;2D3,3D3,4D3,5D,6D,7D,8D,10D;5D,6D,7D,8D,10D;2D3,3D3,4D3,10D. The smallest absolute Gasteiger partial charge is 0.165 e. The maximum Gasteiger partial charge on any atom is 0.165 e. The second-order valence-electron chi connectivity index (χ2n) is 29.7. The Labute approximate surface area is 789 Å². The average Bonchev–Trinajstić information content (AvgIpc) is 0.591. The van der Waals surface area contributed by atoms with Crippen molar-refractivity contribution >= 4 is 122 Å². The predicted molar refractivity (Wildman–Crippen MR) is 483 cm³/mol. The van der Waals surface area contributed by atoms with E-state index in [2.05, 4.69) is 0 Å². The van der Waals surface area contributed by atoms with Gasteiger partial charge in [-0.25, -0.2) is 0 Å². The minimum absolute atomic E-state index is 0.0366. The van der Waals surface area contributed by atoms with Gasteiger partial charge >= 0.3 is 0 Å². The molecule has 616 valence electrons. The lowest BCUT2D eigenvalue weighted by Gasteiger charge is -2.22. The fourth-order valence-corrected chi connectivity index (χ4v) is 11.2. The van der Waals surface area contributed by atoms with Gasteiger partial charge in [0.15, 0.2) is 40.5 Å². The Kier molecular flexibility index (Phi) is 19.2. The van der Waals surface area contributed by atoms with Crippen LogP contribution in [0.15, 0.2) is 170 Å². The van der Waals surface area contributed by atoms with E-state index in [4.69, 9.17) is 157 Å². The zero-order chi connectivity index (χ0) is 133. The summed E-state index contributed by atoms with van der Waals surface area (Å²) in [6, 6.07) is 16.2. The molecule has 0 saturated carbocycles. The van der Waals surface area contributed by atoms with Crippen molar-refractivity contribution in [3.8, 4) is 0 Å². The highest BCUT2D eigenvalue weighted by Gasteiger charge is 2.28. The second kappa shape index (κ2) is 47.5. The third kappa shape index (κ3) is 46.1. The van der Waals surface area contributed by atoms with Crippen LogP contribution < -0.4 is 0 Å². The summed E-state index contributed by atoms with van der Waals surface area (Å²) in [7, 11) is 0. The van der Waals surface area contributed by atoms with Gasteiger partial charge in [0.25, 0.3) is 0 Å². The van der Waals surface area contributed by atoms with Crippen LogP contribution in [0.2, 0.25) is 35.2 Å². The van der Waals surface area contributed by atoms with Gasteiger partial charge in [-0.2, -0.15) is 0 Å². The van der Waals surface area contributed by atoms with Crippen molar-refractivity contribution in [3.63, 3.8) is 0 Å². The van der Waals surface area contributed by atoms with Gasteiger partial charge in [-0.1, -0.05) is 359 Å². The van der Waals surface area contributed by atoms with Crippen molar-refractivity contribution in [2.24, 2.45) is 79.2 Å². The van der Waals surface area contributed by atoms with Crippen LogP contribution >= 0.6 is 81.2 Å². The van der Waals surface area contributed by atoms with E-state index in [1.165, 1.54) is 94.4 Å². The van der Waals surface area contributed by atoms with Crippen LogP contribution in [0.4, 0.5) is 0 Å². The Morgan fingerprint density at radius 3 is 0.634 bits per heavy atom. The Hall–Kier alpha value is -5.74. The number of carbonyl (C=O) groups excluding carboxylic acids is 7. The number of hydrogen-bond donors (Lipinski definition) is 0. The average molecular weight is 1730 g/mol. The van der Waals surface area contributed by atoms with E-state index >= 15 is 0 Å². The first-order valence-corrected chi connectivity index (χ1v) is 36.6. The van der Waals surface area contributed by atoms with E-state index in [-0.39, 0.29) is 78.0 Å². The molecule has 0 spiro atoms. The third-order valence-corrected chi connectivity index (χ3v) is 15.5. The summed E-state index contributed by atoms with van der Waals surface area (Å²) >= 11 is 40.6. The molecule has 0 bridgehead atoms. The highest BCUT2D eigenvalue weighted by atomic mass is 35.5. The minimum atomic E-state index is -3.64. The lowest BCUT2D eigenvalue weighted by molar-refractivity contribution is 0.0891. The monoisotopic (exact) mass is 1720 g/mol. The Morgan fingerprint density at radius 2 is 0.446 bits per heavy atom. The zero-order valence-electron chi connectivity index (χ0n) is 120. The minimum Gasteiger partial charge on any atom is -0.294 e. The van der Waals surface area contributed by atoms with Crippen molar-refractivity contribution in [2.45, 2.75) is 238 Å². The molecule has 0 heterocycles. The van der Waals surface area contributed by atoms with Gasteiger partial charge in [-0.05, 0) is 168 Å². The second-order valence-corrected chi connectivity index (χ2v) is 32.5. The molecule has 7 rings (SSSR count). The van der Waals surface area contributed by atoms with Crippen LogP contribution in [-0.4, -0.2) is 40.5 Å². The quantitative estimate of drug-likeness (QED) is 0.0657. The molecule has 0 aliphatic rings. The third-order valence-electron chi connectivity index (χ3n) is 14.0. The first kappa shape index (κ1) is 45.3. The molecule has 0 N–H and O–H groups in total. The highest BCUT2D eigenvalue weighted by Crippen LogP contribution is 2.34.